The number of hydrogen-bond acceptors (Lipinski definition) is 7. The lowest BCUT2D eigenvalue weighted by atomic mass is 10.3. The molecular weight excluding hydrogens is 336 g/mol. The molecule has 1 aromatic carbocycles. The molecule has 0 aliphatic heterocycles. The van der Waals surface area contributed by atoms with Gasteiger partial charge in [-0.15, -0.1) is 5.10 Å². The standard InChI is InChI=1S/C13H14N6O4S/c1-3-17(4-2)24(22,23)10-5-6-11(12(7-10)19(20)21)18-9-15-13(8-14)16-18/h5-7,9H,3-4H2,1-2H3. The lowest BCUT2D eigenvalue weighted by Gasteiger charge is -2.18. The number of rotatable bonds is 6. The van der Waals surface area contributed by atoms with Crippen LogP contribution in [-0.2, 0) is 10.0 Å². The monoisotopic (exact) mass is 350 g/mol. The molecule has 1 heterocycles. The molecule has 1 aromatic heterocycles. The van der Waals surface area contributed by atoms with Gasteiger partial charge in [0.25, 0.3) is 11.5 Å². The Morgan fingerprint density at radius 2 is 2.04 bits per heavy atom. The van der Waals surface area contributed by atoms with Gasteiger partial charge in [-0.1, -0.05) is 13.8 Å². The van der Waals surface area contributed by atoms with Gasteiger partial charge in [-0.2, -0.15) is 9.57 Å². The quantitative estimate of drug-likeness (QED) is 0.561. The minimum absolute atomic E-state index is 0.0208. The summed E-state index contributed by atoms with van der Waals surface area (Å²) in [6, 6.07) is 5.23. The Morgan fingerprint density at radius 3 is 2.54 bits per heavy atom. The Kier molecular flexibility index (Phi) is 4.91. The van der Waals surface area contributed by atoms with Crippen molar-refractivity contribution in [1.82, 2.24) is 19.1 Å². The first-order chi connectivity index (χ1) is 11.3. The largest absolute Gasteiger partial charge is 0.296 e. The third-order valence-corrected chi connectivity index (χ3v) is 5.37. The summed E-state index contributed by atoms with van der Waals surface area (Å²) in [5, 5.41) is 23.8. The molecule has 2 aromatic rings. The van der Waals surface area contributed by atoms with Crippen LogP contribution in [-0.4, -0.2) is 45.5 Å². The van der Waals surface area contributed by atoms with E-state index < -0.39 is 20.6 Å². The topological polar surface area (TPSA) is 135 Å². The second-order valence-corrected chi connectivity index (χ2v) is 6.56. The fourth-order valence-electron chi connectivity index (χ4n) is 2.15. The van der Waals surface area contributed by atoms with Gasteiger partial charge >= 0.3 is 0 Å². The van der Waals surface area contributed by atoms with Crippen LogP contribution in [0.15, 0.2) is 29.4 Å². The van der Waals surface area contributed by atoms with E-state index in [9.17, 15) is 18.5 Å². The first-order valence-corrected chi connectivity index (χ1v) is 8.39. The third kappa shape index (κ3) is 3.10. The van der Waals surface area contributed by atoms with Gasteiger partial charge in [0.2, 0.25) is 10.0 Å². The van der Waals surface area contributed by atoms with Crippen molar-refractivity contribution >= 4 is 15.7 Å². The fraction of sp³-hybridized carbons (Fsp3) is 0.308. The van der Waals surface area contributed by atoms with Gasteiger partial charge in [-0.3, -0.25) is 10.1 Å². The van der Waals surface area contributed by atoms with E-state index >= 15 is 0 Å². The maximum atomic E-state index is 12.5. The minimum Gasteiger partial charge on any atom is -0.258 e. The van der Waals surface area contributed by atoms with Crippen LogP contribution in [0, 0.1) is 21.4 Å². The highest BCUT2D eigenvalue weighted by Crippen LogP contribution is 2.27. The van der Waals surface area contributed by atoms with Crippen LogP contribution in [0.4, 0.5) is 5.69 Å². The zero-order valence-electron chi connectivity index (χ0n) is 12.9. The van der Waals surface area contributed by atoms with Crippen LogP contribution in [0.1, 0.15) is 19.7 Å². The number of benzene rings is 1. The summed E-state index contributed by atoms with van der Waals surface area (Å²) in [6.07, 6.45) is 1.15. The van der Waals surface area contributed by atoms with Crippen molar-refractivity contribution in [3.05, 3.63) is 40.5 Å². The lowest BCUT2D eigenvalue weighted by Crippen LogP contribution is -2.30. The van der Waals surface area contributed by atoms with E-state index in [2.05, 4.69) is 10.1 Å². The van der Waals surface area contributed by atoms with E-state index in [-0.39, 0.29) is 29.5 Å². The Labute approximate surface area is 138 Å². The van der Waals surface area contributed by atoms with Crippen molar-refractivity contribution in [3.8, 4) is 11.8 Å². The van der Waals surface area contributed by atoms with E-state index in [1.165, 1.54) is 16.4 Å². The summed E-state index contributed by atoms with van der Waals surface area (Å²) < 4.78 is 27.2. The zero-order chi connectivity index (χ0) is 17.9. The van der Waals surface area contributed by atoms with Gasteiger partial charge in [0.1, 0.15) is 18.1 Å². The number of nitro benzene ring substituents is 1. The average molecular weight is 350 g/mol. The van der Waals surface area contributed by atoms with Crippen LogP contribution in [0.2, 0.25) is 0 Å². The Morgan fingerprint density at radius 1 is 1.38 bits per heavy atom. The van der Waals surface area contributed by atoms with Crippen molar-refractivity contribution in [3.63, 3.8) is 0 Å². The number of hydrogen-bond donors (Lipinski definition) is 0. The molecule has 24 heavy (non-hydrogen) atoms. The van der Waals surface area contributed by atoms with Crippen LogP contribution in [0.3, 0.4) is 0 Å². The average Bonchev–Trinajstić information content (AvgIpc) is 3.04. The highest BCUT2D eigenvalue weighted by atomic mass is 32.2. The SMILES string of the molecule is CCN(CC)S(=O)(=O)c1ccc(-n2cnc(C#N)n2)c([N+](=O)[O-])c1. The first kappa shape index (κ1) is 17.5. The Hall–Kier alpha value is -2.84. The Balaban J connectivity index is 2.59. The van der Waals surface area contributed by atoms with Crippen molar-refractivity contribution in [2.75, 3.05) is 13.1 Å². The number of nitro groups is 1. The van der Waals surface area contributed by atoms with Crippen molar-refractivity contribution in [2.24, 2.45) is 0 Å². The molecule has 0 aliphatic rings. The van der Waals surface area contributed by atoms with Gasteiger partial charge in [-0.25, -0.2) is 18.1 Å². The predicted molar refractivity (Wildman–Crippen MR) is 82.8 cm³/mol. The van der Waals surface area contributed by atoms with Crippen molar-refractivity contribution < 1.29 is 13.3 Å². The Bertz CT molecular complexity index is 911. The van der Waals surface area contributed by atoms with Crippen LogP contribution in [0.5, 0.6) is 0 Å². The van der Waals surface area contributed by atoms with Crippen LogP contribution >= 0.6 is 0 Å². The molecule has 0 amide bonds. The summed E-state index contributed by atoms with van der Waals surface area (Å²) >= 11 is 0. The third-order valence-electron chi connectivity index (χ3n) is 3.33. The molecule has 0 N–H and O–H groups in total. The smallest absolute Gasteiger partial charge is 0.258 e. The number of nitriles is 1. The molecule has 126 valence electrons. The summed E-state index contributed by atoms with van der Waals surface area (Å²) in [4.78, 5) is 14.1. The van der Waals surface area contributed by atoms with Crippen molar-refractivity contribution in [1.29, 1.82) is 5.26 Å². The zero-order valence-corrected chi connectivity index (χ0v) is 13.8. The molecule has 2 rings (SSSR count). The molecule has 0 saturated heterocycles. The fourth-order valence-corrected chi connectivity index (χ4v) is 3.63. The van der Waals surface area contributed by atoms with Crippen LogP contribution < -0.4 is 0 Å². The lowest BCUT2D eigenvalue weighted by molar-refractivity contribution is -0.384. The maximum absolute atomic E-state index is 12.5. The van der Waals surface area contributed by atoms with E-state index in [1.54, 1.807) is 19.9 Å². The predicted octanol–water partition coefficient (Wildman–Crippen LogP) is 1.08. The van der Waals surface area contributed by atoms with Gasteiger partial charge < -0.3 is 0 Å². The van der Waals surface area contributed by atoms with Gasteiger partial charge in [-0.05, 0) is 12.1 Å². The highest BCUT2D eigenvalue weighted by molar-refractivity contribution is 7.89. The van der Waals surface area contributed by atoms with E-state index in [1.807, 2.05) is 0 Å². The summed E-state index contributed by atoms with van der Waals surface area (Å²) in [5.74, 6) is -0.149. The molecular formula is C13H14N6O4S. The molecule has 0 radical (unpaired) electrons. The van der Waals surface area contributed by atoms with Gasteiger partial charge in [0, 0.05) is 19.2 Å². The molecule has 0 bridgehead atoms. The first-order valence-electron chi connectivity index (χ1n) is 6.95. The van der Waals surface area contributed by atoms with Gasteiger partial charge in [0.05, 0.1) is 9.82 Å². The van der Waals surface area contributed by atoms with E-state index in [0.717, 1.165) is 17.1 Å². The maximum Gasteiger partial charge on any atom is 0.296 e. The number of nitrogens with zero attached hydrogens (tertiary/aromatic N) is 6. The molecule has 0 unspecified atom stereocenters. The second-order valence-electron chi connectivity index (χ2n) is 4.62. The van der Waals surface area contributed by atoms with Crippen LogP contribution in [0.25, 0.3) is 5.69 Å². The van der Waals surface area contributed by atoms with Crippen molar-refractivity contribution in [2.45, 2.75) is 18.7 Å². The molecule has 0 aliphatic carbocycles. The van der Waals surface area contributed by atoms with Gasteiger partial charge in [0.15, 0.2) is 0 Å². The van der Waals surface area contributed by atoms with E-state index in [0.29, 0.717) is 0 Å². The number of aromatic nitrogens is 3. The molecule has 0 atom stereocenters. The molecule has 10 nitrogen and oxygen atoms in total. The molecule has 0 fully saturated rings. The molecule has 11 heteroatoms. The summed E-state index contributed by atoms with van der Waals surface area (Å²) in [5.41, 5.74) is -0.426. The summed E-state index contributed by atoms with van der Waals surface area (Å²) in [6.45, 7) is 3.87. The summed E-state index contributed by atoms with van der Waals surface area (Å²) in [7, 11) is -3.82. The molecule has 0 saturated carbocycles. The normalized spacial score (nSPS) is 11.4. The highest BCUT2D eigenvalue weighted by Gasteiger charge is 2.26. The molecule has 0 spiro atoms. The number of sulfonamides is 1. The second kappa shape index (κ2) is 6.73. The minimum atomic E-state index is -3.82. The van der Waals surface area contributed by atoms with E-state index in [4.69, 9.17) is 5.26 Å².